The van der Waals surface area contributed by atoms with E-state index < -0.39 is 0 Å². The summed E-state index contributed by atoms with van der Waals surface area (Å²) < 4.78 is 0. The average molecular weight is 454 g/mol. The lowest BCUT2D eigenvalue weighted by molar-refractivity contribution is -0.129. The van der Waals surface area contributed by atoms with E-state index >= 15 is 0 Å². The van der Waals surface area contributed by atoms with Crippen molar-refractivity contribution in [1.29, 1.82) is 0 Å². The Kier molecular flexibility index (Phi) is 12.0. The normalized spacial score (nSPS) is 11.0. The van der Waals surface area contributed by atoms with Crippen molar-refractivity contribution in [3.63, 3.8) is 0 Å². The highest BCUT2D eigenvalue weighted by Gasteiger charge is 2.16. The third-order valence-electron chi connectivity index (χ3n) is 6.31. The van der Waals surface area contributed by atoms with Gasteiger partial charge in [0.25, 0.3) is 0 Å². The molecule has 0 radical (unpaired) electrons. The van der Waals surface area contributed by atoms with Gasteiger partial charge in [-0.05, 0) is 55.3 Å². The highest BCUT2D eigenvalue weighted by atomic mass is 16.2. The largest absolute Gasteiger partial charge is 0.365 e. The lowest BCUT2D eigenvalue weighted by Gasteiger charge is -2.27. The van der Waals surface area contributed by atoms with Gasteiger partial charge in [0.15, 0.2) is 5.78 Å². The number of nitrogens with two attached hydrogens (primary N) is 1. The van der Waals surface area contributed by atoms with Crippen molar-refractivity contribution < 1.29 is 9.59 Å². The second kappa shape index (κ2) is 14.7. The number of benzene rings is 2. The molecule has 0 aliphatic carbocycles. The number of carbonyl (C=O) groups is 2. The molecular weight excluding hydrogens is 410 g/mol. The van der Waals surface area contributed by atoms with Crippen LogP contribution in [0.25, 0.3) is 10.8 Å². The predicted molar refractivity (Wildman–Crippen MR) is 140 cm³/mol. The lowest BCUT2D eigenvalue weighted by Crippen LogP contribution is -2.40. The van der Waals surface area contributed by atoms with E-state index in [0.717, 1.165) is 48.0 Å². The first-order valence-corrected chi connectivity index (χ1v) is 12.7. The lowest BCUT2D eigenvalue weighted by atomic mass is 10.0. The van der Waals surface area contributed by atoms with Crippen LogP contribution < -0.4 is 10.6 Å². The Morgan fingerprint density at radius 1 is 0.818 bits per heavy atom. The fraction of sp³-hybridized carbons (Fsp3) is 0.571. The van der Waals surface area contributed by atoms with Crippen LogP contribution in [0.4, 0.5) is 5.69 Å². The van der Waals surface area contributed by atoms with Gasteiger partial charge >= 0.3 is 0 Å². The van der Waals surface area contributed by atoms with Crippen LogP contribution in [0.15, 0.2) is 36.4 Å². The number of nitrogens with zero attached hydrogens (tertiary/aromatic N) is 2. The second-order valence-electron chi connectivity index (χ2n) is 9.16. The van der Waals surface area contributed by atoms with Crippen LogP contribution in [0, 0.1) is 0 Å². The summed E-state index contributed by atoms with van der Waals surface area (Å²) in [5.74, 6) is 0.221. The molecule has 0 saturated carbocycles. The third-order valence-corrected chi connectivity index (χ3v) is 6.31. The summed E-state index contributed by atoms with van der Waals surface area (Å²) in [7, 11) is 1.96. The van der Waals surface area contributed by atoms with Crippen LogP contribution >= 0.6 is 0 Å². The Labute approximate surface area is 200 Å². The Bertz CT molecular complexity index is 881. The summed E-state index contributed by atoms with van der Waals surface area (Å²) in [6, 6.07) is 11.9. The van der Waals surface area contributed by atoms with E-state index in [1.54, 1.807) is 6.92 Å². The summed E-state index contributed by atoms with van der Waals surface area (Å²) in [6.45, 7) is 6.31. The molecule has 5 heteroatoms. The summed E-state index contributed by atoms with van der Waals surface area (Å²) in [6.07, 6.45) is 10.9. The molecule has 0 aromatic heterocycles. The smallest absolute Gasteiger partial charge is 0.242 e. The summed E-state index contributed by atoms with van der Waals surface area (Å²) in [4.78, 5) is 28.7. The molecule has 2 rings (SSSR count). The van der Waals surface area contributed by atoms with Crippen molar-refractivity contribution in [1.82, 2.24) is 4.90 Å². The molecular formula is C28H43N3O2. The molecule has 0 aliphatic rings. The van der Waals surface area contributed by atoms with Crippen LogP contribution in [-0.4, -0.2) is 49.8 Å². The first kappa shape index (κ1) is 26.8. The number of carbonyl (C=O) groups excluding carboxylic acids is 2. The standard InChI is InChI=1S/C28H43N3O2/c1-4-5-6-7-8-9-10-11-18-31(19-12-17-29)28(33)22-30(3)27-16-15-25-20-24(23(2)32)13-14-26(25)21-27/h13-16,20-21H,4-12,17-19,22,29H2,1-3H3. The molecule has 0 spiro atoms. The molecule has 0 atom stereocenters. The molecule has 2 N–H and O–H groups in total. The summed E-state index contributed by atoms with van der Waals surface area (Å²) >= 11 is 0. The predicted octanol–water partition coefficient (Wildman–Crippen LogP) is 5.80. The maximum atomic E-state index is 13.1. The van der Waals surface area contributed by atoms with Gasteiger partial charge in [0.1, 0.15) is 0 Å². The number of amides is 1. The van der Waals surface area contributed by atoms with Gasteiger partial charge in [0, 0.05) is 31.4 Å². The zero-order valence-electron chi connectivity index (χ0n) is 20.9. The van der Waals surface area contributed by atoms with E-state index in [-0.39, 0.29) is 11.7 Å². The number of anilines is 1. The van der Waals surface area contributed by atoms with Crippen molar-refractivity contribution in [2.75, 3.05) is 38.1 Å². The summed E-state index contributed by atoms with van der Waals surface area (Å²) in [5, 5.41) is 2.10. The van der Waals surface area contributed by atoms with Crippen molar-refractivity contribution >= 4 is 28.2 Å². The molecule has 1 amide bonds. The number of rotatable bonds is 16. The van der Waals surface area contributed by atoms with Crippen molar-refractivity contribution in [3.8, 4) is 0 Å². The first-order valence-electron chi connectivity index (χ1n) is 12.7. The maximum Gasteiger partial charge on any atom is 0.242 e. The minimum Gasteiger partial charge on any atom is -0.365 e. The number of fused-ring (bicyclic) bond motifs is 1. The maximum absolute atomic E-state index is 13.1. The van der Waals surface area contributed by atoms with E-state index in [1.165, 1.54) is 44.9 Å². The van der Waals surface area contributed by atoms with Gasteiger partial charge in [0.05, 0.1) is 6.54 Å². The highest BCUT2D eigenvalue weighted by molar-refractivity contribution is 5.99. The molecule has 2 aromatic carbocycles. The van der Waals surface area contributed by atoms with Crippen LogP contribution in [0.2, 0.25) is 0 Å². The zero-order chi connectivity index (χ0) is 24.1. The molecule has 0 bridgehead atoms. The van der Waals surface area contributed by atoms with Crippen molar-refractivity contribution in [2.24, 2.45) is 5.73 Å². The molecule has 33 heavy (non-hydrogen) atoms. The number of ketones is 1. The van der Waals surface area contributed by atoms with Gasteiger partial charge < -0.3 is 15.5 Å². The number of unbranched alkanes of at least 4 members (excludes halogenated alkanes) is 7. The van der Waals surface area contributed by atoms with Crippen LogP contribution in [0.1, 0.15) is 82.0 Å². The minimum absolute atomic E-state index is 0.0674. The monoisotopic (exact) mass is 453 g/mol. The fourth-order valence-electron chi connectivity index (χ4n) is 4.16. The molecule has 182 valence electrons. The SMILES string of the molecule is CCCCCCCCCCN(CCCN)C(=O)CN(C)c1ccc2cc(C(C)=O)ccc2c1. The van der Waals surface area contributed by atoms with Crippen molar-refractivity contribution in [2.45, 2.75) is 71.6 Å². The number of hydrogen-bond acceptors (Lipinski definition) is 4. The number of hydrogen-bond donors (Lipinski definition) is 1. The Morgan fingerprint density at radius 2 is 1.42 bits per heavy atom. The third kappa shape index (κ3) is 9.17. The topological polar surface area (TPSA) is 66.6 Å². The summed E-state index contributed by atoms with van der Waals surface area (Å²) in [5.41, 5.74) is 7.43. The van der Waals surface area contributed by atoms with E-state index in [2.05, 4.69) is 13.0 Å². The van der Waals surface area contributed by atoms with Gasteiger partial charge in [-0.15, -0.1) is 0 Å². The van der Waals surface area contributed by atoms with Gasteiger partial charge in [-0.25, -0.2) is 0 Å². The Balaban J connectivity index is 1.90. The van der Waals surface area contributed by atoms with Crippen LogP contribution in [-0.2, 0) is 4.79 Å². The van der Waals surface area contributed by atoms with Gasteiger partial charge in [-0.1, -0.05) is 70.1 Å². The van der Waals surface area contributed by atoms with Crippen LogP contribution in [0.3, 0.4) is 0 Å². The Hall–Kier alpha value is -2.40. The number of Topliss-reactive ketones (excluding diaryl/α,β-unsaturated/α-hetero) is 1. The zero-order valence-corrected chi connectivity index (χ0v) is 20.9. The van der Waals surface area contributed by atoms with Crippen molar-refractivity contribution in [3.05, 3.63) is 42.0 Å². The Morgan fingerprint density at radius 3 is 2.09 bits per heavy atom. The van der Waals surface area contributed by atoms with Gasteiger partial charge in [-0.2, -0.15) is 0 Å². The minimum atomic E-state index is 0.0674. The van der Waals surface area contributed by atoms with Gasteiger partial charge in [-0.3, -0.25) is 9.59 Å². The molecule has 0 unspecified atom stereocenters. The second-order valence-corrected chi connectivity index (χ2v) is 9.16. The molecule has 0 saturated heterocycles. The van der Waals surface area contributed by atoms with Gasteiger partial charge in [0.2, 0.25) is 5.91 Å². The molecule has 0 aliphatic heterocycles. The average Bonchev–Trinajstić information content (AvgIpc) is 2.81. The van der Waals surface area contributed by atoms with E-state index in [4.69, 9.17) is 5.73 Å². The quantitative estimate of drug-likeness (QED) is 0.258. The first-order chi connectivity index (χ1) is 16.0. The van der Waals surface area contributed by atoms with E-state index in [9.17, 15) is 9.59 Å². The number of likely N-dealkylation sites (N-methyl/N-ethyl adjacent to an activating group) is 1. The van der Waals surface area contributed by atoms with E-state index in [1.807, 2.05) is 47.2 Å². The highest BCUT2D eigenvalue weighted by Crippen LogP contribution is 2.23. The van der Waals surface area contributed by atoms with Crippen LogP contribution in [0.5, 0.6) is 0 Å². The molecule has 5 nitrogen and oxygen atoms in total. The molecule has 0 fully saturated rings. The van der Waals surface area contributed by atoms with E-state index in [0.29, 0.717) is 13.1 Å². The molecule has 2 aromatic rings. The fourth-order valence-corrected chi connectivity index (χ4v) is 4.16. The molecule has 0 heterocycles.